The van der Waals surface area contributed by atoms with Gasteiger partial charge in [-0.05, 0) is 46.1 Å². The molecule has 0 amide bonds. The molecule has 0 aliphatic carbocycles. The second kappa shape index (κ2) is 8.14. The summed E-state index contributed by atoms with van der Waals surface area (Å²) in [5.41, 5.74) is 1.09. The van der Waals surface area contributed by atoms with Gasteiger partial charge in [-0.2, -0.15) is 0 Å². The fourth-order valence-corrected chi connectivity index (χ4v) is 4.52. The summed E-state index contributed by atoms with van der Waals surface area (Å²) >= 11 is 1.73. The molecule has 6 nitrogen and oxygen atoms in total. The summed E-state index contributed by atoms with van der Waals surface area (Å²) in [5.74, 6) is 0.780. The Labute approximate surface area is 162 Å². The number of nitrogens with one attached hydrogen (secondary N) is 1. The summed E-state index contributed by atoms with van der Waals surface area (Å²) in [7, 11) is 0. The molecule has 0 saturated carbocycles. The molecule has 27 heavy (non-hydrogen) atoms. The molecule has 8 heteroatoms. The van der Waals surface area contributed by atoms with E-state index in [-0.39, 0.29) is 11.9 Å². The Bertz CT molecular complexity index is 839. The van der Waals surface area contributed by atoms with Gasteiger partial charge in [-0.3, -0.25) is 0 Å². The number of hydrogen-bond donors (Lipinski definition) is 1. The first-order chi connectivity index (χ1) is 13.2. The third-order valence-corrected chi connectivity index (χ3v) is 6.12. The number of hydrogen-bond acceptors (Lipinski definition) is 5. The Hall–Kier alpha value is -2.32. The average molecular weight is 388 g/mol. The van der Waals surface area contributed by atoms with E-state index in [0.717, 1.165) is 50.7 Å². The van der Waals surface area contributed by atoms with E-state index in [4.69, 9.17) is 0 Å². The van der Waals surface area contributed by atoms with Gasteiger partial charge in [0.1, 0.15) is 11.9 Å². The van der Waals surface area contributed by atoms with Crippen molar-refractivity contribution in [3.63, 3.8) is 0 Å². The Morgan fingerprint density at radius 1 is 1.19 bits per heavy atom. The zero-order valence-corrected chi connectivity index (χ0v) is 16.2. The van der Waals surface area contributed by atoms with Gasteiger partial charge in [0.2, 0.25) is 5.82 Å². The van der Waals surface area contributed by atoms with Crippen LogP contribution in [0, 0.1) is 5.82 Å². The highest BCUT2D eigenvalue weighted by atomic mass is 32.1. The van der Waals surface area contributed by atoms with E-state index in [2.05, 4.69) is 44.9 Å². The normalized spacial score (nSPS) is 16.6. The molecule has 142 valence electrons. The SMILES string of the molecule is CC[C@H](c1nnnn1Cc1cccs1)[NH+]1CCN(c2ccc(F)cc2)CC1. The highest BCUT2D eigenvalue weighted by Gasteiger charge is 2.31. The number of halogens is 1. The van der Waals surface area contributed by atoms with Crippen LogP contribution in [0.25, 0.3) is 0 Å². The molecule has 1 saturated heterocycles. The van der Waals surface area contributed by atoms with Crippen LogP contribution < -0.4 is 9.80 Å². The van der Waals surface area contributed by atoms with Gasteiger partial charge in [-0.15, -0.1) is 16.4 Å². The van der Waals surface area contributed by atoms with Crippen molar-refractivity contribution in [2.24, 2.45) is 0 Å². The number of aromatic nitrogens is 4. The molecular formula is C19H24FN6S+. The van der Waals surface area contributed by atoms with Crippen LogP contribution in [-0.2, 0) is 6.54 Å². The molecule has 3 aromatic rings. The summed E-state index contributed by atoms with van der Waals surface area (Å²) in [6.07, 6.45) is 0.997. The van der Waals surface area contributed by atoms with E-state index < -0.39 is 0 Å². The predicted octanol–water partition coefficient (Wildman–Crippen LogP) is 1.78. The highest BCUT2D eigenvalue weighted by molar-refractivity contribution is 7.09. The van der Waals surface area contributed by atoms with Gasteiger partial charge in [0.15, 0.2) is 0 Å². The maximum absolute atomic E-state index is 13.2. The third-order valence-electron chi connectivity index (χ3n) is 5.26. The fourth-order valence-electron chi connectivity index (χ4n) is 3.83. The summed E-state index contributed by atoms with van der Waals surface area (Å²) in [6, 6.07) is 11.2. The minimum Gasteiger partial charge on any atom is -0.360 e. The molecule has 1 fully saturated rings. The van der Waals surface area contributed by atoms with Crippen molar-refractivity contribution in [2.45, 2.75) is 25.9 Å². The van der Waals surface area contributed by atoms with Crippen LogP contribution >= 0.6 is 11.3 Å². The van der Waals surface area contributed by atoms with Crippen LogP contribution in [0.1, 0.15) is 30.1 Å². The zero-order chi connectivity index (χ0) is 18.6. The lowest BCUT2D eigenvalue weighted by atomic mass is 10.1. The van der Waals surface area contributed by atoms with Crippen LogP contribution in [0.15, 0.2) is 41.8 Å². The van der Waals surface area contributed by atoms with Gasteiger partial charge in [0.25, 0.3) is 0 Å². The standard InChI is InChI=1S/C19H23FN6S/c1-2-18(19-21-22-23-26(19)14-17-4-3-13-27-17)25-11-9-24(10-12-25)16-7-5-15(20)6-8-16/h3-8,13,18H,2,9-12,14H2,1H3/p+1/t18-/m1/s1. The zero-order valence-electron chi connectivity index (χ0n) is 15.4. The molecule has 0 unspecified atom stereocenters. The lowest BCUT2D eigenvalue weighted by molar-refractivity contribution is -0.933. The van der Waals surface area contributed by atoms with Crippen LogP contribution in [0.3, 0.4) is 0 Å². The van der Waals surface area contributed by atoms with Gasteiger partial charge < -0.3 is 9.80 Å². The molecule has 0 spiro atoms. The van der Waals surface area contributed by atoms with E-state index >= 15 is 0 Å². The number of anilines is 1. The molecule has 1 aliphatic rings. The molecular weight excluding hydrogens is 363 g/mol. The Kier molecular flexibility index (Phi) is 5.45. The Morgan fingerprint density at radius 3 is 2.63 bits per heavy atom. The largest absolute Gasteiger partial charge is 0.360 e. The maximum Gasteiger partial charge on any atom is 0.209 e. The number of thiophene rings is 1. The number of benzene rings is 1. The van der Waals surface area contributed by atoms with Crippen LogP contribution in [0.4, 0.5) is 10.1 Å². The fraction of sp³-hybridized carbons (Fsp3) is 0.421. The lowest BCUT2D eigenvalue weighted by Gasteiger charge is -2.36. The Balaban J connectivity index is 1.44. The first kappa shape index (κ1) is 18.1. The quantitative estimate of drug-likeness (QED) is 0.701. The minimum absolute atomic E-state index is 0.188. The average Bonchev–Trinajstić information content (AvgIpc) is 3.37. The van der Waals surface area contributed by atoms with E-state index in [1.165, 1.54) is 21.9 Å². The summed E-state index contributed by atoms with van der Waals surface area (Å²) in [6.45, 7) is 6.86. The molecule has 4 rings (SSSR count). The highest BCUT2D eigenvalue weighted by Crippen LogP contribution is 2.17. The van der Waals surface area contributed by atoms with Gasteiger partial charge in [-0.25, -0.2) is 9.07 Å². The van der Waals surface area contributed by atoms with Crippen LogP contribution in [0.2, 0.25) is 0 Å². The van der Waals surface area contributed by atoms with E-state index in [1.807, 2.05) is 16.8 Å². The van der Waals surface area contributed by atoms with Crippen molar-refractivity contribution in [3.8, 4) is 0 Å². The van der Waals surface area contributed by atoms with Crippen LogP contribution in [0.5, 0.6) is 0 Å². The number of tetrazole rings is 1. The second-order valence-electron chi connectivity index (χ2n) is 6.86. The summed E-state index contributed by atoms with van der Waals surface area (Å²) in [5, 5.41) is 14.6. The molecule has 0 bridgehead atoms. The monoisotopic (exact) mass is 387 g/mol. The van der Waals surface area contributed by atoms with Crippen molar-refractivity contribution in [3.05, 3.63) is 58.3 Å². The number of quaternary nitrogens is 1. The smallest absolute Gasteiger partial charge is 0.209 e. The van der Waals surface area contributed by atoms with Crippen molar-refractivity contribution in [1.29, 1.82) is 0 Å². The van der Waals surface area contributed by atoms with Crippen molar-refractivity contribution in [2.75, 3.05) is 31.1 Å². The number of piperazine rings is 1. The van der Waals surface area contributed by atoms with Crippen molar-refractivity contribution < 1.29 is 9.29 Å². The Morgan fingerprint density at radius 2 is 1.96 bits per heavy atom. The molecule has 3 heterocycles. The molecule has 2 aromatic heterocycles. The number of nitrogens with zero attached hydrogens (tertiary/aromatic N) is 5. The van der Waals surface area contributed by atoms with Gasteiger partial charge in [0, 0.05) is 17.0 Å². The van der Waals surface area contributed by atoms with Gasteiger partial charge in [0.05, 0.1) is 32.7 Å². The first-order valence-corrected chi connectivity index (χ1v) is 10.3. The molecule has 1 aromatic carbocycles. The third kappa shape index (κ3) is 4.01. The molecule has 0 radical (unpaired) electrons. The van der Waals surface area contributed by atoms with E-state index in [0.29, 0.717) is 0 Å². The summed E-state index contributed by atoms with van der Waals surface area (Å²) < 4.78 is 15.1. The molecule has 1 N–H and O–H groups in total. The minimum atomic E-state index is -0.188. The van der Waals surface area contributed by atoms with Crippen LogP contribution in [-0.4, -0.2) is 46.4 Å². The predicted molar refractivity (Wildman–Crippen MR) is 104 cm³/mol. The number of rotatable bonds is 6. The van der Waals surface area contributed by atoms with Crippen molar-refractivity contribution >= 4 is 17.0 Å². The molecule has 1 aliphatic heterocycles. The van der Waals surface area contributed by atoms with E-state index in [9.17, 15) is 4.39 Å². The lowest BCUT2D eigenvalue weighted by Crippen LogP contribution is -3.15. The van der Waals surface area contributed by atoms with Gasteiger partial charge in [-0.1, -0.05) is 13.0 Å². The molecule has 1 atom stereocenters. The summed E-state index contributed by atoms with van der Waals surface area (Å²) in [4.78, 5) is 5.09. The first-order valence-electron chi connectivity index (χ1n) is 9.38. The van der Waals surface area contributed by atoms with E-state index in [1.54, 1.807) is 11.3 Å². The maximum atomic E-state index is 13.2. The topological polar surface area (TPSA) is 51.3 Å². The second-order valence-corrected chi connectivity index (χ2v) is 7.89. The van der Waals surface area contributed by atoms with Crippen molar-refractivity contribution in [1.82, 2.24) is 20.2 Å². The van der Waals surface area contributed by atoms with Gasteiger partial charge >= 0.3 is 0 Å².